The zero-order chi connectivity index (χ0) is 16.8. The van der Waals surface area contributed by atoms with Crippen molar-refractivity contribution in [3.63, 3.8) is 0 Å². The van der Waals surface area contributed by atoms with Crippen LogP contribution in [0, 0.1) is 0 Å². The molecule has 6 nitrogen and oxygen atoms in total. The van der Waals surface area contributed by atoms with Gasteiger partial charge in [0.1, 0.15) is 23.8 Å². The van der Waals surface area contributed by atoms with Crippen molar-refractivity contribution >= 4 is 11.6 Å². The smallest absolute Gasteiger partial charge is 0.270 e. The van der Waals surface area contributed by atoms with E-state index in [0.29, 0.717) is 24.9 Å². The average molecular weight is 327 g/mol. The number of nitrogens with zero attached hydrogens (tertiary/aromatic N) is 1. The summed E-state index contributed by atoms with van der Waals surface area (Å²) in [5.74, 6) is 1.31. The summed E-state index contributed by atoms with van der Waals surface area (Å²) in [6.45, 7) is 0.797. The lowest BCUT2D eigenvalue weighted by molar-refractivity contribution is 0.0942. The summed E-state index contributed by atoms with van der Waals surface area (Å²) < 4.78 is 10.7. The van der Waals surface area contributed by atoms with E-state index in [9.17, 15) is 4.79 Å². The van der Waals surface area contributed by atoms with Gasteiger partial charge in [0.2, 0.25) is 0 Å². The molecular weight excluding hydrogens is 306 g/mol. The average Bonchev–Trinajstić information content (AvgIpc) is 3.43. The SMILES string of the molecule is COc1ccc(OCCNC(=O)c2cc(NC3CC3)ccn2)cc1. The highest BCUT2D eigenvalue weighted by molar-refractivity contribution is 5.93. The normalized spacial score (nSPS) is 13.2. The number of rotatable bonds is 8. The molecule has 1 aliphatic rings. The predicted octanol–water partition coefficient (Wildman–Crippen LogP) is 2.47. The van der Waals surface area contributed by atoms with E-state index in [0.717, 1.165) is 17.2 Å². The Kier molecular flexibility index (Phi) is 5.15. The number of carbonyl (C=O) groups is 1. The molecule has 1 amide bonds. The van der Waals surface area contributed by atoms with Crippen molar-refractivity contribution in [2.45, 2.75) is 18.9 Å². The van der Waals surface area contributed by atoms with Gasteiger partial charge in [-0.1, -0.05) is 0 Å². The topological polar surface area (TPSA) is 72.5 Å². The zero-order valence-electron chi connectivity index (χ0n) is 13.6. The minimum Gasteiger partial charge on any atom is -0.497 e. The van der Waals surface area contributed by atoms with Gasteiger partial charge in [0.15, 0.2) is 0 Å². The van der Waals surface area contributed by atoms with E-state index >= 15 is 0 Å². The monoisotopic (exact) mass is 327 g/mol. The molecule has 2 N–H and O–H groups in total. The van der Waals surface area contributed by atoms with Crippen LogP contribution in [0.1, 0.15) is 23.3 Å². The maximum absolute atomic E-state index is 12.1. The van der Waals surface area contributed by atoms with E-state index in [-0.39, 0.29) is 5.91 Å². The molecule has 1 aromatic carbocycles. The summed E-state index contributed by atoms with van der Waals surface area (Å²) in [6.07, 6.45) is 4.02. The minimum atomic E-state index is -0.201. The first-order chi connectivity index (χ1) is 11.7. The summed E-state index contributed by atoms with van der Waals surface area (Å²) in [6, 6.07) is 11.5. The highest BCUT2D eigenvalue weighted by atomic mass is 16.5. The third-order valence-corrected chi connectivity index (χ3v) is 3.66. The van der Waals surface area contributed by atoms with Crippen LogP contribution >= 0.6 is 0 Å². The van der Waals surface area contributed by atoms with Crippen LogP contribution in [0.3, 0.4) is 0 Å². The first-order valence-electron chi connectivity index (χ1n) is 8.02. The number of pyridine rings is 1. The van der Waals surface area contributed by atoms with Gasteiger partial charge in [0.25, 0.3) is 5.91 Å². The van der Waals surface area contributed by atoms with Crippen molar-refractivity contribution in [1.82, 2.24) is 10.3 Å². The highest BCUT2D eigenvalue weighted by Gasteiger charge is 2.21. The third-order valence-electron chi connectivity index (χ3n) is 3.66. The van der Waals surface area contributed by atoms with Crippen molar-refractivity contribution in [2.75, 3.05) is 25.6 Å². The second kappa shape index (κ2) is 7.68. The van der Waals surface area contributed by atoms with Crippen molar-refractivity contribution in [3.05, 3.63) is 48.3 Å². The van der Waals surface area contributed by atoms with Gasteiger partial charge in [0.05, 0.1) is 13.7 Å². The molecule has 0 spiro atoms. The van der Waals surface area contributed by atoms with E-state index in [4.69, 9.17) is 9.47 Å². The second-order valence-electron chi connectivity index (χ2n) is 5.63. The number of amides is 1. The van der Waals surface area contributed by atoms with E-state index < -0.39 is 0 Å². The van der Waals surface area contributed by atoms with Crippen molar-refractivity contribution in [3.8, 4) is 11.5 Å². The predicted molar refractivity (Wildman–Crippen MR) is 91.7 cm³/mol. The van der Waals surface area contributed by atoms with Gasteiger partial charge in [-0.25, -0.2) is 0 Å². The van der Waals surface area contributed by atoms with Crippen LogP contribution in [0.5, 0.6) is 11.5 Å². The van der Waals surface area contributed by atoms with Gasteiger partial charge in [-0.05, 0) is 49.2 Å². The van der Waals surface area contributed by atoms with Crippen LogP contribution in [0.15, 0.2) is 42.6 Å². The number of anilines is 1. The molecule has 6 heteroatoms. The number of hydrogen-bond donors (Lipinski definition) is 2. The summed E-state index contributed by atoms with van der Waals surface area (Å²) in [5.41, 5.74) is 1.34. The Balaban J connectivity index is 1.43. The maximum Gasteiger partial charge on any atom is 0.270 e. The fourth-order valence-electron chi connectivity index (χ4n) is 2.20. The molecule has 24 heavy (non-hydrogen) atoms. The molecular formula is C18H21N3O3. The first kappa shape index (κ1) is 16.1. The molecule has 1 fully saturated rings. The molecule has 1 saturated carbocycles. The second-order valence-corrected chi connectivity index (χ2v) is 5.63. The van der Waals surface area contributed by atoms with Gasteiger partial charge in [-0.2, -0.15) is 0 Å². The molecule has 0 bridgehead atoms. The zero-order valence-corrected chi connectivity index (χ0v) is 13.6. The Morgan fingerprint density at radius 3 is 2.67 bits per heavy atom. The van der Waals surface area contributed by atoms with Crippen molar-refractivity contribution in [2.24, 2.45) is 0 Å². The van der Waals surface area contributed by atoms with Crippen LogP contribution in [-0.4, -0.2) is 37.2 Å². The van der Waals surface area contributed by atoms with Crippen molar-refractivity contribution < 1.29 is 14.3 Å². The van der Waals surface area contributed by atoms with Gasteiger partial charge < -0.3 is 20.1 Å². The number of nitrogens with one attached hydrogen (secondary N) is 2. The Labute approximate surface area is 141 Å². The molecule has 1 heterocycles. The summed E-state index contributed by atoms with van der Waals surface area (Å²) >= 11 is 0. The van der Waals surface area contributed by atoms with Crippen molar-refractivity contribution in [1.29, 1.82) is 0 Å². The molecule has 126 valence electrons. The molecule has 0 unspecified atom stereocenters. The fourth-order valence-corrected chi connectivity index (χ4v) is 2.20. The molecule has 0 aliphatic heterocycles. The summed E-state index contributed by atoms with van der Waals surface area (Å²) in [5, 5.41) is 6.16. The fraction of sp³-hybridized carbons (Fsp3) is 0.333. The Morgan fingerprint density at radius 2 is 1.96 bits per heavy atom. The molecule has 0 atom stereocenters. The largest absolute Gasteiger partial charge is 0.497 e. The Hall–Kier alpha value is -2.76. The number of carbonyl (C=O) groups excluding carboxylic acids is 1. The highest BCUT2D eigenvalue weighted by Crippen LogP contribution is 2.24. The summed E-state index contributed by atoms with van der Waals surface area (Å²) in [7, 11) is 1.62. The number of benzene rings is 1. The van der Waals surface area contributed by atoms with Gasteiger partial charge in [-0.15, -0.1) is 0 Å². The van der Waals surface area contributed by atoms with Crippen LogP contribution in [0.2, 0.25) is 0 Å². The Bertz CT molecular complexity index is 684. The number of ether oxygens (including phenoxy) is 2. The lowest BCUT2D eigenvalue weighted by Crippen LogP contribution is -2.28. The van der Waals surface area contributed by atoms with Crippen LogP contribution < -0.4 is 20.1 Å². The lowest BCUT2D eigenvalue weighted by atomic mass is 10.3. The number of aromatic nitrogens is 1. The molecule has 1 aliphatic carbocycles. The summed E-state index contributed by atoms with van der Waals surface area (Å²) in [4.78, 5) is 16.2. The first-order valence-corrected chi connectivity index (χ1v) is 8.02. The van der Waals surface area contributed by atoms with Gasteiger partial charge >= 0.3 is 0 Å². The third kappa shape index (κ3) is 4.62. The quantitative estimate of drug-likeness (QED) is 0.729. The number of methoxy groups -OCH3 is 1. The van der Waals surface area contributed by atoms with Crippen LogP contribution in [0.4, 0.5) is 5.69 Å². The van der Waals surface area contributed by atoms with E-state index in [1.807, 2.05) is 30.3 Å². The van der Waals surface area contributed by atoms with E-state index in [2.05, 4.69) is 15.6 Å². The van der Waals surface area contributed by atoms with E-state index in [1.165, 1.54) is 12.8 Å². The molecule has 3 rings (SSSR count). The molecule has 1 aromatic heterocycles. The maximum atomic E-state index is 12.1. The standard InChI is InChI=1S/C18H21N3O3/c1-23-15-4-6-16(7-5-15)24-11-10-20-18(22)17-12-14(8-9-19-17)21-13-2-3-13/h4-9,12-13H,2-3,10-11H2,1H3,(H,19,21)(H,20,22). The molecule has 0 radical (unpaired) electrons. The Morgan fingerprint density at radius 1 is 1.21 bits per heavy atom. The molecule has 0 saturated heterocycles. The van der Waals surface area contributed by atoms with Crippen LogP contribution in [0.25, 0.3) is 0 Å². The van der Waals surface area contributed by atoms with Gasteiger partial charge in [0, 0.05) is 17.9 Å². The lowest BCUT2D eigenvalue weighted by Gasteiger charge is -2.09. The minimum absolute atomic E-state index is 0.201. The van der Waals surface area contributed by atoms with Gasteiger partial charge in [-0.3, -0.25) is 9.78 Å². The number of hydrogen-bond acceptors (Lipinski definition) is 5. The van der Waals surface area contributed by atoms with Crippen LogP contribution in [-0.2, 0) is 0 Å². The van der Waals surface area contributed by atoms with E-state index in [1.54, 1.807) is 19.4 Å². The molecule has 2 aromatic rings.